The monoisotopic (exact) mass is 232 g/mol. The van der Waals surface area contributed by atoms with Crippen LogP contribution in [0.3, 0.4) is 0 Å². The summed E-state index contributed by atoms with van der Waals surface area (Å²) in [6.45, 7) is 0. The van der Waals surface area contributed by atoms with Gasteiger partial charge in [0.1, 0.15) is 11.6 Å². The molecule has 17 heavy (non-hydrogen) atoms. The Morgan fingerprint density at radius 2 is 1.88 bits per heavy atom. The highest BCUT2D eigenvalue weighted by Crippen LogP contribution is 2.25. The summed E-state index contributed by atoms with van der Waals surface area (Å²) < 4.78 is 13.6. The van der Waals surface area contributed by atoms with Gasteiger partial charge in [0.15, 0.2) is 0 Å². The van der Waals surface area contributed by atoms with E-state index in [9.17, 15) is 4.39 Å². The Morgan fingerprint density at radius 3 is 2.53 bits per heavy atom. The quantitative estimate of drug-likeness (QED) is 0.644. The van der Waals surface area contributed by atoms with Gasteiger partial charge in [-0.05, 0) is 12.1 Å². The third-order valence-corrected chi connectivity index (χ3v) is 2.40. The van der Waals surface area contributed by atoms with Crippen molar-refractivity contribution in [2.75, 3.05) is 5.73 Å². The summed E-state index contributed by atoms with van der Waals surface area (Å²) in [5.41, 5.74) is 6.43. The van der Waals surface area contributed by atoms with Gasteiger partial charge in [-0.15, -0.1) is 0 Å². The van der Waals surface area contributed by atoms with Gasteiger partial charge in [-0.2, -0.15) is 0 Å². The molecule has 86 valence electrons. The van der Waals surface area contributed by atoms with Gasteiger partial charge < -0.3 is 15.8 Å². The molecule has 0 fully saturated rings. The summed E-state index contributed by atoms with van der Waals surface area (Å²) in [5, 5.41) is 18.1. The SMILES string of the molecule is Nc1ncc(B(O)O)cc1-c1ccccc1F. The first-order valence-electron chi connectivity index (χ1n) is 4.96. The third kappa shape index (κ3) is 2.27. The fraction of sp³-hybridized carbons (Fsp3) is 0. The molecule has 1 aromatic carbocycles. The second-order valence-electron chi connectivity index (χ2n) is 3.55. The Labute approximate surface area is 97.7 Å². The second-order valence-corrected chi connectivity index (χ2v) is 3.55. The lowest BCUT2D eigenvalue weighted by molar-refractivity contribution is 0.425. The maximum atomic E-state index is 13.6. The van der Waals surface area contributed by atoms with Gasteiger partial charge in [-0.25, -0.2) is 9.37 Å². The van der Waals surface area contributed by atoms with Gasteiger partial charge in [-0.3, -0.25) is 0 Å². The Morgan fingerprint density at radius 1 is 1.18 bits per heavy atom. The summed E-state index contributed by atoms with van der Waals surface area (Å²) in [4.78, 5) is 3.81. The molecule has 6 heteroatoms. The number of nitrogens with zero attached hydrogens (tertiary/aromatic N) is 1. The molecule has 0 bridgehead atoms. The minimum atomic E-state index is -1.66. The van der Waals surface area contributed by atoms with Crippen LogP contribution in [0, 0.1) is 5.82 Å². The van der Waals surface area contributed by atoms with E-state index in [1.54, 1.807) is 18.2 Å². The number of nitrogens with two attached hydrogens (primary N) is 1. The highest BCUT2D eigenvalue weighted by atomic mass is 19.1. The van der Waals surface area contributed by atoms with Crippen molar-refractivity contribution in [2.24, 2.45) is 0 Å². The fourth-order valence-corrected chi connectivity index (χ4v) is 1.53. The Bertz CT molecular complexity index is 549. The van der Waals surface area contributed by atoms with Crippen molar-refractivity contribution in [1.29, 1.82) is 0 Å². The second kappa shape index (κ2) is 4.53. The normalized spacial score (nSPS) is 10.3. The third-order valence-electron chi connectivity index (χ3n) is 2.40. The molecule has 0 aliphatic heterocycles. The first kappa shape index (κ1) is 11.6. The number of halogens is 1. The lowest BCUT2D eigenvalue weighted by Crippen LogP contribution is -2.30. The van der Waals surface area contributed by atoms with Crippen LogP contribution in [-0.2, 0) is 0 Å². The summed E-state index contributed by atoms with van der Waals surface area (Å²) in [6.07, 6.45) is 1.24. The minimum absolute atomic E-state index is 0.138. The molecule has 4 nitrogen and oxygen atoms in total. The van der Waals surface area contributed by atoms with Crippen molar-refractivity contribution >= 4 is 18.4 Å². The van der Waals surface area contributed by atoms with E-state index in [0.717, 1.165) is 0 Å². The van der Waals surface area contributed by atoms with Gasteiger partial charge in [-0.1, -0.05) is 18.2 Å². The Kier molecular flexibility index (Phi) is 3.08. The van der Waals surface area contributed by atoms with Crippen molar-refractivity contribution in [3.8, 4) is 11.1 Å². The predicted octanol–water partition coefficient (Wildman–Crippen LogP) is 0.150. The van der Waals surface area contributed by atoms with Crippen molar-refractivity contribution in [1.82, 2.24) is 4.98 Å². The molecule has 0 atom stereocenters. The molecule has 0 aliphatic rings. The largest absolute Gasteiger partial charge is 0.490 e. The summed E-state index contributed by atoms with van der Waals surface area (Å²) in [6, 6.07) is 7.49. The van der Waals surface area contributed by atoms with E-state index < -0.39 is 12.9 Å². The Balaban J connectivity index is 2.59. The van der Waals surface area contributed by atoms with Crippen LogP contribution in [0.15, 0.2) is 36.5 Å². The lowest BCUT2D eigenvalue weighted by atomic mass is 9.80. The van der Waals surface area contributed by atoms with Crippen LogP contribution < -0.4 is 11.2 Å². The van der Waals surface area contributed by atoms with Crippen LogP contribution >= 0.6 is 0 Å². The number of nitrogen functional groups attached to an aromatic ring is 1. The lowest BCUT2D eigenvalue weighted by Gasteiger charge is -2.08. The molecule has 0 aliphatic carbocycles. The summed E-state index contributed by atoms with van der Waals surface area (Å²) >= 11 is 0. The van der Waals surface area contributed by atoms with Gasteiger partial charge in [0.2, 0.25) is 0 Å². The standard InChI is InChI=1S/C11H10BFN2O2/c13-10-4-2-1-3-8(10)9-5-7(12(16)17)6-15-11(9)14/h1-6,16-17H,(H2,14,15). The molecular formula is C11H10BFN2O2. The molecule has 2 rings (SSSR count). The van der Waals surface area contributed by atoms with Crippen molar-refractivity contribution < 1.29 is 14.4 Å². The summed E-state index contributed by atoms with van der Waals surface area (Å²) in [5.74, 6) is -0.301. The maximum absolute atomic E-state index is 13.6. The van der Waals surface area contributed by atoms with E-state index in [-0.39, 0.29) is 16.8 Å². The predicted molar refractivity (Wildman–Crippen MR) is 63.9 cm³/mol. The molecule has 0 amide bonds. The number of benzene rings is 1. The number of aromatic nitrogens is 1. The van der Waals surface area contributed by atoms with Gasteiger partial charge in [0.25, 0.3) is 0 Å². The van der Waals surface area contributed by atoms with Gasteiger partial charge >= 0.3 is 7.12 Å². The zero-order valence-corrected chi connectivity index (χ0v) is 8.84. The van der Waals surface area contributed by atoms with E-state index >= 15 is 0 Å². The molecule has 0 spiro atoms. The van der Waals surface area contributed by atoms with E-state index in [1.807, 2.05) is 0 Å². The van der Waals surface area contributed by atoms with Crippen LogP contribution in [-0.4, -0.2) is 22.2 Å². The number of pyridine rings is 1. The molecule has 0 radical (unpaired) electrons. The summed E-state index contributed by atoms with van der Waals surface area (Å²) in [7, 11) is -1.66. The van der Waals surface area contributed by atoms with Crippen molar-refractivity contribution in [3.63, 3.8) is 0 Å². The zero-order chi connectivity index (χ0) is 12.4. The average molecular weight is 232 g/mol. The molecule has 1 heterocycles. The van der Waals surface area contributed by atoms with E-state index in [1.165, 1.54) is 18.3 Å². The van der Waals surface area contributed by atoms with Crippen LogP contribution in [0.5, 0.6) is 0 Å². The van der Waals surface area contributed by atoms with Crippen LogP contribution in [0.1, 0.15) is 0 Å². The van der Waals surface area contributed by atoms with Crippen molar-refractivity contribution in [3.05, 3.63) is 42.3 Å². The van der Waals surface area contributed by atoms with E-state index in [2.05, 4.69) is 4.98 Å². The molecule has 4 N–H and O–H groups in total. The van der Waals surface area contributed by atoms with E-state index in [0.29, 0.717) is 5.56 Å². The molecule has 2 aromatic rings. The smallest absolute Gasteiger partial charge is 0.423 e. The number of anilines is 1. The molecular weight excluding hydrogens is 222 g/mol. The average Bonchev–Trinajstić information content (AvgIpc) is 2.30. The van der Waals surface area contributed by atoms with Gasteiger partial charge in [0.05, 0.1) is 0 Å². The highest BCUT2D eigenvalue weighted by Gasteiger charge is 2.15. The fourth-order valence-electron chi connectivity index (χ4n) is 1.53. The maximum Gasteiger partial charge on any atom is 0.490 e. The Hall–Kier alpha value is -1.92. The first-order valence-corrected chi connectivity index (χ1v) is 4.96. The number of hydrogen-bond acceptors (Lipinski definition) is 4. The number of hydrogen-bond donors (Lipinski definition) is 3. The van der Waals surface area contributed by atoms with Crippen molar-refractivity contribution in [2.45, 2.75) is 0 Å². The van der Waals surface area contributed by atoms with Gasteiger partial charge in [0, 0.05) is 22.8 Å². The topological polar surface area (TPSA) is 79.4 Å². The molecule has 0 saturated heterocycles. The van der Waals surface area contributed by atoms with Crippen LogP contribution in [0.25, 0.3) is 11.1 Å². The minimum Gasteiger partial charge on any atom is -0.423 e. The molecule has 1 aromatic heterocycles. The molecule has 0 unspecified atom stereocenters. The zero-order valence-electron chi connectivity index (χ0n) is 8.84. The van der Waals surface area contributed by atoms with E-state index in [4.69, 9.17) is 15.8 Å². The number of rotatable bonds is 2. The van der Waals surface area contributed by atoms with Crippen LogP contribution in [0.2, 0.25) is 0 Å². The van der Waals surface area contributed by atoms with Crippen LogP contribution in [0.4, 0.5) is 10.2 Å². The first-order chi connectivity index (χ1) is 8.09. The highest BCUT2D eigenvalue weighted by molar-refractivity contribution is 6.58. The molecule has 0 saturated carbocycles.